The van der Waals surface area contributed by atoms with Crippen LogP contribution in [0.1, 0.15) is 12.1 Å². The van der Waals surface area contributed by atoms with Crippen LogP contribution in [-0.4, -0.2) is 21.7 Å². The predicted octanol–water partition coefficient (Wildman–Crippen LogP) is 0.723. The van der Waals surface area contributed by atoms with E-state index in [9.17, 15) is 4.79 Å². The van der Waals surface area contributed by atoms with Gasteiger partial charge in [0, 0.05) is 5.56 Å². The van der Waals surface area contributed by atoms with Crippen molar-refractivity contribution in [1.29, 1.82) is 0 Å². The van der Waals surface area contributed by atoms with Crippen molar-refractivity contribution in [1.82, 2.24) is 15.2 Å². The molecule has 0 amide bonds. The molecule has 0 aliphatic carbocycles. The first-order chi connectivity index (χ1) is 8.31. The Morgan fingerprint density at radius 1 is 1.18 bits per heavy atom. The highest BCUT2D eigenvalue weighted by molar-refractivity contribution is 5.53. The molecule has 17 heavy (non-hydrogen) atoms. The van der Waals surface area contributed by atoms with Crippen LogP contribution in [0, 0.1) is 0 Å². The molecule has 3 N–H and O–H groups in total. The van der Waals surface area contributed by atoms with Gasteiger partial charge in [-0.3, -0.25) is 4.79 Å². The van der Waals surface area contributed by atoms with E-state index >= 15 is 0 Å². The van der Waals surface area contributed by atoms with E-state index < -0.39 is 0 Å². The fraction of sp³-hybridized carbons (Fsp3) is 0.250. The van der Waals surface area contributed by atoms with E-state index in [0.717, 1.165) is 12.0 Å². The van der Waals surface area contributed by atoms with Gasteiger partial charge in [-0.05, 0) is 19.4 Å². The van der Waals surface area contributed by atoms with Crippen LogP contribution in [0.2, 0.25) is 0 Å². The number of nitrogens with zero attached hydrogens (tertiary/aromatic N) is 2. The normalized spacial score (nSPS) is 10.4. The first-order valence-corrected chi connectivity index (χ1v) is 5.52. The number of aryl methyl sites for hydroxylation is 1. The zero-order valence-electron chi connectivity index (χ0n) is 9.39. The fourth-order valence-electron chi connectivity index (χ4n) is 1.52. The monoisotopic (exact) mass is 230 g/mol. The number of rotatable bonds is 4. The molecule has 0 spiro atoms. The molecule has 5 nitrogen and oxygen atoms in total. The number of aromatic nitrogens is 3. The van der Waals surface area contributed by atoms with Crippen LogP contribution in [0.5, 0.6) is 0 Å². The summed E-state index contributed by atoms with van der Waals surface area (Å²) in [6.45, 7) is 0.543. The minimum absolute atomic E-state index is 0.188. The van der Waals surface area contributed by atoms with E-state index in [1.54, 1.807) is 0 Å². The molecule has 1 heterocycles. The molecule has 1 aromatic heterocycles. The number of H-pyrrole nitrogens is 1. The van der Waals surface area contributed by atoms with Crippen molar-refractivity contribution in [2.75, 3.05) is 6.54 Å². The minimum Gasteiger partial charge on any atom is -0.330 e. The highest BCUT2D eigenvalue weighted by Crippen LogP contribution is 2.10. The number of benzene rings is 1. The third kappa shape index (κ3) is 2.76. The van der Waals surface area contributed by atoms with Gasteiger partial charge in [-0.1, -0.05) is 30.3 Å². The molecule has 1 aromatic carbocycles. The lowest BCUT2D eigenvalue weighted by molar-refractivity contribution is 0.765. The van der Waals surface area contributed by atoms with Gasteiger partial charge in [-0.25, -0.2) is 0 Å². The maximum atomic E-state index is 11.7. The lowest BCUT2D eigenvalue weighted by Gasteiger charge is -2.01. The SMILES string of the molecule is NCCCc1nnc(-c2ccccc2)[nH]c1=O. The summed E-state index contributed by atoms with van der Waals surface area (Å²) < 4.78 is 0. The summed E-state index contributed by atoms with van der Waals surface area (Å²) in [4.78, 5) is 14.5. The van der Waals surface area contributed by atoms with Crippen molar-refractivity contribution in [2.45, 2.75) is 12.8 Å². The van der Waals surface area contributed by atoms with Crippen molar-refractivity contribution in [3.05, 3.63) is 46.4 Å². The van der Waals surface area contributed by atoms with Crippen LogP contribution < -0.4 is 11.3 Å². The third-order valence-electron chi connectivity index (χ3n) is 2.43. The van der Waals surface area contributed by atoms with Crippen LogP contribution >= 0.6 is 0 Å². The first-order valence-electron chi connectivity index (χ1n) is 5.52. The smallest absolute Gasteiger partial charge is 0.273 e. The van der Waals surface area contributed by atoms with Gasteiger partial charge in [0.2, 0.25) is 0 Å². The Kier molecular flexibility index (Phi) is 3.62. The molecule has 0 aliphatic rings. The molecule has 0 fully saturated rings. The van der Waals surface area contributed by atoms with E-state index in [1.165, 1.54) is 0 Å². The maximum Gasteiger partial charge on any atom is 0.273 e. The standard InChI is InChI=1S/C12H14N4O/c13-8-4-7-10-12(17)14-11(16-15-10)9-5-2-1-3-6-9/h1-3,5-6H,4,7-8,13H2,(H,14,16,17). The van der Waals surface area contributed by atoms with E-state index in [-0.39, 0.29) is 5.56 Å². The quantitative estimate of drug-likeness (QED) is 0.810. The summed E-state index contributed by atoms with van der Waals surface area (Å²) >= 11 is 0. The van der Waals surface area contributed by atoms with Crippen molar-refractivity contribution < 1.29 is 0 Å². The Labute approximate surface area is 98.7 Å². The molecule has 0 bridgehead atoms. The summed E-state index contributed by atoms with van der Waals surface area (Å²) in [5, 5.41) is 7.96. The molecule has 0 aliphatic heterocycles. The lowest BCUT2D eigenvalue weighted by atomic mass is 10.2. The summed E-state index contributed by atoms with van der Waals surface area (Å²) in [5.74, 6) is 0.493. The third-order valence-corrected chi connectivity index (χ3v) is 2.43. The van der Waals surface area contributed by atoms with Gasteiger partial charge in [0.15, 0.2) is 5.82 Å². The fourth-order valence-corrected chi connectivity index (χ4v) is 1.52. The molecule has 88 valence electrons. The average molecular weight is 230 g/mol. The van der Waals surface area contributed by atoms with Crippen LogP contribution in [0.25, 0.3) is 11.4 Å². The molecular formula is C12H14N4O. The van der Waals surface area contributed by atoms with Crippen LogP contribution in [0.4, 0.5) is 0 Å². The number of nitrogens with one attached hydrogen (secondary N) is 1. The van der Waals surface area contributed by atoms with E-state index in [0.29, 0.717) is 24.5 Å². The van der Waals surface area contributed by atoms with E-state index in [1.807, 2.05) is 30.3 Å². The Morgan fingerprint density at radius 2 is 1.94 bits per heavy atom. The van der Waals surface area contributed by atoms with Crippen LogP contribution in [-0.2, 0) is 6.42 Å². The number of aromatic amines is 1. The molecule has 0 atom stereocenters. The topological polar surface area (TPSA) is 84.7 Å². The highest BCUT2D eigenvalue weighted by atomic mass is 16.1. The summed E-state index contributed by atoms with van der Waals surface area (Å²) in [6.07, 6.45) is 1.30. The van der Waals surface area contributed by atoms with Gasteiger partial charge < -0.3 is 10.7 Å². The lowest BCUT2D eigenvalue weighted by Crippen LogP contribution is -2.18. The van der Waals surface area contributed by atoms with Crippen molar-refractivity contribution in [3.8, 4) is 11.4 Å². The zero-order chi connectivity index (χ0) is 12.1. The van der Waals surface area contributed by atoms with Gasteiger partial charge in [0.05, 0.1) is 0 Å². The molecule has 0 unspecified atom stereocenters. The molecule has 0 saturated carbocycles. The van der Waals surface area contributed by atoms with Gasteiger partial charge in [-0.15, -0.1) is 10.2 Å². The molecule has 2 rings (SSSR count). The number of hydrogen-bond donors (Lipinski definition) is 2. The van der Waals surface area contributed by atoms with Crippen molar-refractivity contribution in [3.63, 3.8) is 0 Å². The largest absolute Gasteiger partial charge is 0.330 e. The van der Waals surface area contributed by atoms with E-state index in [4.69, 9.17) is 5.73 Å². The zero-order valence-corrected chi connectivity index (χ0v) is 9.39. The second-order valence-electron chi connectivity index (χ2n) is 3.71. The summed E-state index contributed by atoms with van der Waals surface area (Å²) in [7, 11) is 0. The molecule has 0 saturated heterocycles. The van der Waals surface area contributed by atoms with Gasteiger partial charge >= 0.3 is 0 Å². The second-order valence-corrected chi connectivity index (χ2v) is 3.71. The number of hydrogen-bond acceptors (Lipinski definition) is 4. The minimum atomic E-state index is -0.188. The maximum absolute atomic E-state index is 11.7. The Balaban J connectivity index is 2.28. The van der Waals surface area contributed by atoms with Gasteiger partial charge in [0.25, 0.3) is 5.56 Å². The Bertz CT molecular complexity index is 536. The number of nitrogens with two attached hydrogens (primary N) is 1. The van der Waals surface area contributed by atoms with Crippen molar-refractivity contribution >= 4 is 0 Å². The van der Waals surface area contributed by atoms with Crippen LogP contribution in [0.15, 0.2) is 35.1 Å². The first kappa shape index (κ1) is 11.5. The van der Waals surface area contributed by atoms with Gasteiger partial charge in [0.1, 0.15) is 5.69 Å². The molecule has 5 heteroatoms. The summed E-state index contributed by atoms with van der Waals surface area (Å²) in [6, 6.07) is 9.43. The van der Waals surface area contributed by atoms with Gasteiger partial charge in [-0.2, -0.15) is 0 Å². The highest BCUT2D eigenvalue weighted by Gasteiger charge is 2.05. The molecule has 2 aromatic rings. The Hall–Kier alpha value is -2.01. The molecular weight excluding hydrogens is 216 g/mol. The molecule has 0 radical (unpaired) electrons. The predicted molar refractivity (Wildman–Crippen MR) is 65.5 cm³/mol. The summed E-state index contributed by atoms with van der Waals surface area (Å²) in [5.41, 5.74) is 6.49. The second kappa shape index (κ2) is 5.36. The van der Waals surface area contributed by atoms with Crippen LogP contribution in [0.3, 0.4) is 0 Å². The Morgan fingerprint density at radius 3 is 2.59 bits per heavy atom. The average Bonchev–Trinajstić information content (AvgIpc) is 2.38. The van der Waals surface area contributed by atoms with Crippen molar-refractivity contribution in [2.24, 2.45) is 5.73 Å². The van der Waals surface area contributed by atoms with E-state index in [2.05, 4.69) is 15.2 Å².